The first-order valence-electron chi connectivity index (χ1n) is 18.6. The molecule has 2 aromatic carbocycles. The molecule has 280 valence electrons. The lowest BCUT2D eigenvalue weighted by Gasteiger charge is -2.58. The molecule has 3 aromatic rings. The zero-order valence-electron chi connectivity index (χ0n) is 30.2. The first kappa shape index (κ1) is 37.3. The van der Waals surface area contributed by atoms with Crippen LogP contribution >= 0.6 is 23.2 Å². The summed E-state index contributed by atoms with van der Waals surface area (Å²) < 4.78 is 15.0. The number of carbonyl (C=O) groups is 3. The number of fused-ring (bicyclic) bond motifs is 1. The number of hydrogen-bond donors (Lipinski definition) is 2. The maximum Gasteiger partial charge on any atom is 0.306 e. The molecule has 52 heavy (non-hydrogen) atoms. The number of nitrogens with one attached hydrogen (secondary N) is 1. The number of rotatable bonds is 11. The van der Waals surface area contributed by atoms with Crippen LogP contribution in [0.15, 0.2) is 42.6 Å². The number of morpholine rings is 1. The molecule has 11 nitrogen and oxygen atoms in total. The van der Waals surface area contributed by atoms with Gasteiger partial charge in [-0.25, -0.2) is 0 Å². The highest BCUT2D eigenvalue weighted by Crippen LogP contribution is 2.40. The van der Waals surface area contributed by atoms with Crippen molar-refractivity contribution < 1.29 is 29.0 Å². The van der Waals surface area contributed by atoms with E-state index in [0.29, 0.717) is 60.6 Å². The number of ketones is 1. The van der Waals surface area contributed by atoms with Crippen molar-refractivity contribution in [3.05, 3.63) is 63.8 Å². The number of aryl methyl sites for hydroxylation is 1. The van der Waals surface area contributed by atoms with Gasteiger partial charge in [0.05, 0.1) is 40.5 Å². The number of hydrogen-bond acceptors (Lipinski definition) is 8. The molecule has 4 aliphatic rings. The van der Waals surface area contributed by atoms with Gasteiger partial charge in [-0.1, -0.05) is 41.4 Å². The van der Waals surface area contributed by atoms with Gasteiger partial charge in [-0.15, -0.1) is 0 Å². The van der Waals surface area contributed by atoms with E-state index in [0.717, 1.165) is 49.9 Å². The van der Waals surface area contributed by atoms with E-state index in [1.165, 1.54) is 0 Å². The number of likely N-dealkylation sites (tertiary alicyclic amines) is 2. The molecule has 3 aliphatic heterocycles. The van der Waals surface area contributed by atoms with Gasteiger partial charge in [0, 0.05) is 80.9 Å². The van der Waals surface area contributed by atoms with Gasteiger partial charge in [0.2, 0.25) is 5.85 Å². The number of Topliss-reactive ketones (excluding diaryl/α,β-unsaturated/α-hetero) is 1. The third kappa shape index (κ3) is 7.38. The van der Waals surface area contributed by atoms with Crippen LogP contribution in [0, 0.1) is 5.92 Å². The smallest absolute Gasteiger partial charge is 0.306 e. The Morgan fingerprint density at radius 2 is 1.62 bits per heavy atom. The molecule has 0 spiro atoms. The predicted molar refractivity (Wildman–Crippen MR) is 201 cm³/mol. The largest absolute Gasteiger partial charge is 0.481 e. The molecule has 7 rings (SSSR count). The SMILES string of the molecule is C[C@@H]1CN(C2CN(C(OC3CCC(C(=O)O)CC3)(C(=O)Cc3cc(Cl)c(NC(=O)c4cn(C)c5ccccc45)cc3Cl)N3CCCC3)C2)C[C@H](C)O1. The fourth-order valence-corrected chi connectivity index (χ4v) is 9.18. The molecule has 4 fully saturated rings. The minimum absolute atomic E-state index is 0.0239. The van der Waals surface area contributed by atoms with Crippen molar-refractivity contribution in [3.63, 3.8) is 0 Å². The second-order valence-corrected chi connectivity index (χ2v) is 16.0. The number of ether oxygens (including phenoxy) is 2. The molecule has 3 atom stereocenters. The molecule has 1 aliphatic carbocycles. The van der Waals surface area contributed by atoms with Gasteiger partial charge >= 0.3 is 5.97 Å². The van der Waals surface area contributed by atoms with E-state index >= 15 is 4.79 Å². The summed E-state index contributed by atoms with van der Waals surface area (Å²) in [4.78, 5) is 47.1. The predicted octanol–water partition coefficient (Wildman–Crippen LogP) is 6.05. The molecule has 1 aromatic heterocycles. The third-order valence-corrected chi connectivity index (χ3v) is 12.0. The van der Waals surface area contributed by atoms with Gasteiger partial charge in [0.15, 0.2) is 5.78 Å². The second kappa shape index (κ2) is 15.4. The molecular formula is C39H49Cl2N5O6. The molecule has 1 saturated carbocycles. The summed E-state index contributed by atoms with van der Waals surface area (Å²) >= 11 is 13.7. The zero-order chi connectivity index (χ0) is 36.7. The maximum atomic E-state index is 15.0. The van der Waals surface area contributed by atoms with E-state index in [9.17, 15) is 14.7 Å². The highest BCUT2D eigenvalue weighted by atomic mass is 35.5. The number of carboxylic acids is 1. The fourth-order valence-electron chi connectivity index (χ4n) is 8.72. The first-order chi connectivity index (χ1) is 24.9. The van der Waals surface area contributed by atoms with Crippen molar-refractivity contribution in [1.82, 2.24) is 19.3 Å². The normalized spacial score (nSPS) is 26.2. The van der Waals surface area contributed by atoms with Crippen molar-refractivity contribution in [3.8, 4) is 0 Å². The second-order valence-electron chi connectivity index (χ2n) is 15.2. The Hall–Kier alpha value is -3.03. The van der Waals surface area contributed by atoms with E-state index < -0.39 is 17.7 Å². The van der Waals surface area contributed by atoms with Crippen molar-refractivity contribution in [2.75, 3.05) is 44.6 Å². The summed E-state index contributed by atoms with van der Waals surface area (Å²) in [5.74, 6) is -2.93. The van der Waals surface area contributed by atoms with Crippen molar-refractivity contribution in [2.45, 2.75) is 89.0 Å². The summed E-state index contributed by atoms with van der Waals surface area (Å²) in [6, 6.07) is 11.2. The molecule has 4 heterocycles. The van der Waals surface area contributed by atoms with E-state index in [-0.39, 0.29) is 47.5 Å². The number of carboxylic acid groups (broad SMARTS) is 1. The van der Waals surface area contributed by atoms with Gasteiger partial charge in [-0.2, -0.15) is 0 Å². The number of aromatic nitrogens is 1. The molecular weight excluding hydrogens is 705 g/mol. The summed E-state index contributed by atoms with van der Waals surface area (Å²) in [6.07, 6.45) is 5.88. The number of carbonyl (C=O) groups excluding carboxylic acids is 2. The van der Waals surface area contributed by atoms with E-state index in [2.05, 4.69) is 33.9 Å². The highest BCUT2D eigenvalue weighted by molar-refractivity contribution is 6.36. The van der Waals surface area contributed by atoms with Crippen LogP contribution in [0.4, 0.5) is 5.69 Å². The quantitative estimate of drug-likeness (QED) is 0.242. The molecule has 3 saturated heterocycles. The Labute approximate surface area is 315 Å². The standard InChI is InChI=1S/C39H49Cl2N5O6/c1-24-19-44(20-25(2)51-24)28-21-46(22-28)39(45-14-6-7-15-45,52-29-12-10-26(11-13-29)38(49)50)36(47)17-27-16-33(41)34(18-32(27)40)42-37(48)31-23-43(3)35-9-5-4-8-30(31)35/h4-5,8-9,16,18,23-26,28-29H,6-7,10-15,17,19-22H2,1-3H3,(H,42,48)(H,49,50)/t24-,25+,26?,29?,39?. The van der Waals surface area contributed by atoms with Gasteiger partial charge in [-0.05, 0) is 76.1 Å². The van der Waals surface area contributed by atoms with Gasteiger partial charge < -0.3 is 24.5 Å². The Bertz CT molecular complexity index is 1810. The van der Waals surface area contributed by atoms with Crippen molar-refractivity contribution in [2.24, 2.45) is 13.0 Å². The summed E-state index contributed by atoms with van der Waals surface area (Å²) in [5.41, 5.74) is 2.36. The van der Waals surface area contributed by atoms with E-state index in [1.54, 1.807) is 18.3 Å². The van der Waals surface area contributed by atoms with Gasteiger partial charge in [0.1, 0.15) is 0 Å². The number of nitrogens with zero attached hydrogens (tertiary/aromatic N) is 4. The van der Waals surface area contributed by atoms with Crippen LogP contribution in [0.25, 0.3) is 10.9 Å². The van der Waals surface area contributed by atoms with Gasteiger partial charge in [-0.3, -0.25) is 29.1 Å². The lowest BCUT2D eigenvalue weighted by Crippen LogP contribution is -2.76. The zero-order valence-corrected chi connectivity index (χ0v) is 31.7. The third-order valence-electron chi connectivity index (χ3n) is 11.4. The average Bonchev–Trinajstić information content (AvgIpc) is 3.75. The van der Waals surface area contributed by atoms with Crippen LogP contribution in [0.1, 0.15) is 68.3 Å². The number of halogens is 2. The minimum atomic E-state index is -1.33. The Morgan fingerprint density at radius 1 is 0.942 bits per heavy atom. The number of para-hydroxylation sites is 1. The summed E-state index contributed by atoms with van der Waals surface area (Å²) in [5, 5.41) is 14.0. The molecule has 13 heteroatoms. The Balaban J connectivity index is 1.15. The lowest BCUT2D eigenvalue weighted by molar-refractivity contribution is -0.278. The first-order valence-corrected chi connectivity index (χ1v) is 19.4. The fraction of sp³-hybridized carbons (Fsp3) is 0.564. The van der Waals surface area contributed by atoms with E-state index in [1.807, 2.05) is 35.9 Å². The van der Waals surface area contributed by atoms with Crippen LogP contribution < -0.4 is 5.32 Å². The van der Waals surface area contributed by atoms with Crippen LogP contribution in [-0.2, 0) is 32.5 Å². The highest BCUT2D eigenvalue weighted by Gasteiger charge is 2.57. The van der Waals surface area contributed by atoms with Crippen LogP contribution in [0.3, 0.4) is 0 Å². The summed E-state index contributed by atoms with van der Waals surface area (Å²) in [6.45, 7) is 8.65. The summed E-state index contributed by atoms with van der Waals surface area (Å²) in [7, 11) is 1.89. The van der Waals surface area contributed by atoms with E-state index in [4.69, 9.17) is 32.7 Å². The molecule has 0 bridgehead atoms. The minimum Gasteiger partial charge on any atom is -0.481 e. The lowest BCUT2D eigenvalue weighted by atomic mass is 9.87. The van der Waals surface area contributed by atoms with Crippen molar-refractivity contribution >= 4 is 57.5 Å². The van der Waals surface area contributed by atoms with Crippen molar-refractivity contribution in [1.29, 1.82) is 0 Å². The van der Waals surface area contributed by atoms with Gasteiger partial charge in [0.25, 0.3) is 5.91 Å². The molecule has 2 N–H and O–H groups in total. The van der Waals surface area contributed by atoms with Crippen LogP contribution in [0.5, 0.6) is 0 Å². The molecule has 1 unspecified atom stereocenters. The van der Waals surface area contributed by atoms with Crippen LogP contribution in [0.2, 0.25) is 10.0 Å². The number of aliphatic carboxylic acids is 1. The Morgan fingerprint density at radius 3 is 2.29 bits per heavy atom. The maximum absolute atomic E-state index is 15.0. The number of benzene rings is 2. The number of amides is 1. The van der Waals surface area contributed by atoms with Crippen LogP contribution in [-0.4, -0.2) is 112 Å². The average molecular weight is 755 g/mol. The Kier molecular flexibility index (Phi) is 11.0. The topological polar surface area (TPSA) is 117 Å². The molecule has 1 amide bonds. The molecule has 0 radical (unpaired) electrons. The monoisotopic (exact) mass is 753 g/mol. The number of anilines is 1.